The molecule has 6 nitrogen and oxygen atoms in total. The van der Waals surface area contributed by atoms with E-state index < -0.39 is 30.9 Å². The minimum Gasteiger partial charge on any atom is -0.209 e. The predicted molar refractivity (Wildman–Crippen MR) is 90.2 cm³/mol. The second-order valence-electron chi connectivity index (χ2n) is 5.43. The smallest absolute Gasteiger partial charge is 0.209 e. The Hall–Kier alpha value is -0.0900. The number of sulfonamides is 2. The average molecular weight is 422 g/mol. The van der Waals surface area contributed by atoms with E-state index in [4.69, 9.17) is 34.8 Å². The molecule has 130 valence electrons. The number of benzene rings is 1. The van der Waals surface area contributed by atoms with Crippen molar-refractivity contribution < 1.29 is 16.8 Å². The highest BCUT2D eigenvalue weighted by Crippen LogP contribution is 2.33. The van der Waals surface area contributed by atoms with Gasteiger partial charge in [-0.25, -0.2) is 26.3 Å². The Labute approximate surface area is 150 Å². The highest BCUT2D eigenvalue weighted by Gasteiger charge is 2.35. The first-order chi connectivity index (χ1) is 10.4. The van der Waals surface area contributed by atoms with Gasteiger partial charge in [0.05, 0.1) is 16.0 Å². The van der Waals surface area contributed by atoms with E-state index in [-0.39, 0.29) is 27.3 Å². The minimum absolute atomic E-state index is 0.0616. The summed E-state index contributed by atoms with van der Waals surface area (Å²) in [6.45, 7) is 3.29. The molecule has 1 aromatic carbocycles. The van der Waals surface area contributed by atoms with Gasteiger partial charge in [-0.1, -0.05) is 11.6 Å². The topological polar surface area (TPSA) is 92.3 Å². The third-order valence-electron chi connectivity index (χ3n) is 3.14. The van der Waals surface area contributed by atoms with Crippen molar-refractivity contribution in [1.29, 1.82) is 0 Å². The van der Waals surface area contributed by atoms with Crippen molar-refractivity contribution in [3.63, 3.8) is 0 Å². The van der Waals surface area contributed by atoms with Crippen molar-refractivity contribution in [3.8, 4) is 0 Å². The summed E-state index contributed by atoms with van der Waals surface area (Å²) in [5, 5.41) is -0.0616. The van der Waals surface area contributed by atoms with Crippen molar-refractivity contribution in [1.82, 2.24) is 9.44 Å². The van der Waals surface area contributed by atoms with Gasteiger partial charge in [0.2, 0.25) is 20.0 Å². The lowest BCUT2D eigenvalue weighted by atomic mass is 10.1. The van der Waals surface area contributed by atoms with Crippen LogP contribution in [0.5, 0.6) is 0 Å². The fraction of sp³-hybridized carbons (Fsp3) is 0.500. The molecule has 1 atom stereocenters. The summed E-state index contributed by atoms with van der Waals surface area (Å²) in [6.07, 6.45) is 0.212. The maximum absolute atomic E-state index is 12.3. The van der Waals surface area contributed by atoms with Crippen molar-refractivity contribution in [2.45, 2.75) is 47.0 Å². The maximum Gasteiger partial charge on any atom is 0.242 e. The molecule has 1 heterocycles. The monoisotopic (exact) mass is 420 g/mol. The fourth-order valence-corrected chi connectivity index (χ4v) is 6.11. The molecule has 1 unspecified atom stereocenters. The van der Waals surface area contributed by atoms with Crippen molar-refractivity contribution >= 4 is 54.8 Å². The third-order valence-corrected chi connectivity index (χ3v) is 7.44. The van der Waals surface area contributed by atoms with E-state index in [0.29, 0.717) is 5.56 Å². The molecular formula is C12H15Cl3N2O4S2. The SMILES string of the molecule is CC(C)NS(=O)(=O)c1cc2c(cc1Cl)CC(C(Cl)Cl)NS2(=O)=O. The zero-order chi connectivity index (χ0) is 17.6. The Bertz CT molecular complexity index is 823. The van der Waals surface area contributed by atoms with Gasteiger partial charge < -0.3 is 0 Å². The second-order valence-corrected chi connectivity index (χ2v) is 10.4. The Morgan fingerprint density at radius 2 is 1.91 bits per heavy atom. The number of hydrogen-bond acceptors (Lipinski definition) is 4. The molecule has 0 amide bonds. The van der Waals surface area contributed by atoms with Gasteiger partial charge in [-0.05, 0) is 38.0 Å². The lowest BCUT2D eigenvalue weighted by Gasteiger charge is -2.27. The minimum atomic E-state index is -3.93. The molecule has 1 aromatic rings. The Balaban J connectivity index is 2.59. The summed E-state index contributed by atoms with van der Waals surface area (Å²) < 4.78 is 53.9. The van der Waals surface area contributed by atoms with E-state index in [1.165, 1.54) is 6.07 Å². The number of rotatable bonds is 4. The fourth-order valence-electron chi connectivity index (χ4n) is 2.25. The van der Waals surface area contributed by atoms with Crippen LogP contribution in [0.15, 0.2) is 21.9 Å². The van der Waals surface area contributed by atoms with Gasteiger partial charge in [0, 0.05) is 6.04 Å². The summed E-state index contributed by atoms with van der Waals surface area (Å²) in [5.41, 5.74) is 0.369. The first kappa shape index (κ1) is 19.2. The molecule has 23 heavy (non-hydrogen) atoms. The van der Waals surface area contributed by atoms with E-state index in [9.17, 15) is 16.8 Å². The Morgan fingerprint density at radius 3 is 2.43 bits per heavy atom. The molecular weight excluding hydrogens is 407 g/mol. The molecule has 0 saturated carbocycles. The van der Waals surface area contributed by atoms with E-state index in [2.05, 4.69) is 9.44 Å². The lowest BCUT2D eigenvalue weighted by molar-refractivity contribution is 0.538. The summed E-state index contributed by atoms with van der Waals surface area (Å²) in [5.74, 6) is 0. The van der Waals surface area contributed by atoms with Crippen LogP contribution in [0.25, 0.3) is 0 Å². The van der Waals surface area contributed by atoms with Crippen LogP contribution in [0.3, 0.4) is 0 Å². The van der Waals surface area contributed by atoms with E-state index in [1.54, 1.807) is 13.8 Å². The van der Waals surface area contributed by atoms with Crippen LogP contribution in [0.2, 0.25) is 5.02 Å². The van der Waals surface area contributed by atoms with E-state index in [1.807, 2.05) is 0 Å². The van der Waals surface area contributed by atoms with Gasteiger partial charge in [-0.15, -0.1) is 23.2 Å². The predicted octanol–water partition coefficient (Wildman–Crippen LogP) is 2.03. The molecule has 1 aliphatic heterocycles. The van der Waals surface area contributed by atoms with Crippen LogP contribution in [-0.4, -0.2) is 33.8 Å². The number of alkyl halides is 2. The second kappa shape index (κ2) is 6.67. The highest BCUT2D eigenvalue weighted by atomic mass is 35.5. The Kier molecular flexibility index (Phi) is 5.58. The van der Waals surface area contributed by atoms with Crippen molar-refractivity contribution in [2.75, 3.05) is 0 Å². The van der Waals surface area contributed by atoms with Crippen LogP contribution in [-0.2, 0) is 26.5 Å². The van der Waals surface area contributed by atoms with Gasteiger partial charge in [0.25, 0.3) is 0 Å². The van der Waals surface area contributed by atoms with Gasteiger partial charge in [0.1, 0.15) is 9.73 Å². The molecule has 2 rings (SSSR count). The molecule has 0 aromatic heterocycles. The summed E-state index contributed by atoms with van der Waals surface area (Å²) >= 11 is 17.6. The standard InChI is InChI=1S/C12H15Cl3N2O4S2/c1-6(2)16-23(20,21)11-5-10-7(3-8(11)13)4-9(12(14)15)17-22(10,18)19/h3,5-6,9,12,16-17H,4H2,1-2H3. The number of hydrogen-bond donors (Lipinski definition) is 2. The first-order valence-corrected chi connectivity index (χ1v) is 10.8. The van der Waals surface area contributed by atoms with Crippen LogP contribution in [0, 0.1) is 0 Å². The quantitative estimate of drug-likeness (QED) is 0.728. The van der Waals surface area contributed by atoms with Gasteiger partial charge in [-0.2, -0.15) is 0 Å². The third kappa shape index (κ3) is 4.12. The highest BCUT2D eigenvalue weighted by molar-refractivity contribution is 7.90. The van der Waals surface area contributed by atoms with Crippen LogP contribution < -0.4 is 9.44 Å². The van der Waals surface area contributed by atoms with Gasteiger partial charge in [0.15, 0.2) is 0 Å². The molecule has 0 bridgehead atoms. The van der Waals surface area contributed by atoms with Crippen LogP contribution in [0.4, 0.5) is 0 Å². The molecule has 11 heteroatoms. The molecule has 1 aliphatic rings. The van der Waals surface area contributed by atoms with Gasteiger partial charge in [-0.3, -0.25) is 0 Å². The van der Waals surface area contributed by atoms with Crippen molar-refractivity contribution in [2.24, 2.45) is 0 Å². The van der Waals surface area contributed by atoms with Crippen LogP contribution >= 0.6 is 34.8 Å². The van der Waals surface area contributed by atoms with E-state index in [0.717, 1.165) is 6.07 Å². The Morgan fingerprint density at radius 1 is 1.30 bits per heavy atom. The molecule has 0 fully saturated rings. The number of fused-ring (bicyclic) bond motifs is 1. The first-order valence-electron chi connectivity index (χ1n) is 6.59. The number of halogens is 3. The lowest BCUT2D eigenvalue weighted by Crippen LogP contribution is -2.45. The average Bonchev–Trinajstić information content (AvgIpc) is 2.34. The molecule has 0 spiro atoms. The van der Waals surface area contributed by atoms with E-state index >= 15 is 0 Å². The summed E-state index contributed by atoms with van der Waals surface area (Å²) in [6, 6.07) is 1.31. The maximum atomic E-state index is 12.3. The number of nitrogens with one attached hydrogen (secondary N) is 2. The summed E-state index contributed by atoms with van der Waals surface area (Å²) in [7, 11) is -7.86. The normalized spacial score (nSPS) is 20.7. The van der Waals surface area contributed by atoms with Crippen LogP contribution in [0.1, 0.15) is 19.4 Å². The zero-order valence-electron chi connectivity index (χ0n) is 12.2. The molecule has 0 aliphatic carbocycles. The largest absolute Gasteiger partial charge is 0.242 e. The molecule has 2 N–H and O–H groups in total. The summed E-state index contributed by atoms with van der Waals surface area (Å²) in [4.78, 5) is -1.37. The van der Waals surface area contributed by atoms with Gasteiger partial charge >= 0.3 is 0 Å². The zero-order valence-corrected chi connectivity index (χ0v) is 16.1. The molecule has 0 saturated heterocycles. The van der Waals surface area contributed by atoms with Crippen molar-refractivity contribution in [3.05, 3.63) is 22.7 Å². The molecule has 0 radical (unpaired) electrons.